The second-order valence-corrected chi connectivity index (χ2v) is 6.97. The Morgan fingerprint density at radius 3 is 2.33 bits per heavy atom. The van der Waals surface area contributed by atoms with Crippen molar-refractivity contribution in [1.29, 1.82) is 0 Å². The fraction of sp³-hybridized carbons (Fsp3) is 0.227. The van der Waals surface area contributed by atoms with Gasteiger partial charge in [0.1, 0.15) is 5.75 Å². The van der Waals surface area contributed by atoms with E-state index < -0.39 is 0 Å². The number of piperazine rings is 1. The van der Waals surface area contributed by atoms with E-state index in [1.807, 2.05) is 30.4 Å². The van der Waals surface area contributed by atoms with E-state index in [1.165, 1.54) is 5.69 Å². The van der Waals surface area contributed by atoms with Gasteiger partial charge in [-0.25, -0.2) is 0 Å². The number of likely N-dealkylation sites (N-methyl/N-ethyl adjacent to an activating group) is 1. The monoisotopic (exact) mass is 360 g/mol. The van der Waals surface area contributed by atoms with Crippen LogP contribution in [0.25, 0.3) is 23.4 Å². The predicted molar refractivity (Wildman–Crippen MR) is 111 cm³/mol. The van der Waals surface area contributed by atoms with Gasteiger partial charge in [-0.2, -0.15) is 5.10 Å². The van der Waals surface area contributed by atoms with E-state index >= 15 is 0 Å². The van der Waals surface area contributed by atoms with Gasteiger partial charge in [-0.1, -0.05) is 30.3 Å². The number of aromatic nitrogens is 2. The number of rotatable bonds is 4. The molecule has 0 bridgehead atoms. The quantitative estimate of drug-likeness (QED) is 0.745. The number of phenolic OH excluding ortho intramolecular Hbond substituents is 1. The van der Waals surface area contributed by atoms with Gasteiger partial charge < -0.3 is 14.9 Å². The average Bonchev–Trinajstić information content (AvgIpc) is 3.17. The molecule has 0 atom stereocenters. The van der Waals surface area contributed by atoms with E-state index in [1.54, 1.807) is 12.1 Å². The molecular formula is C22H24N4O. The van der Waals surface area contributed by atoms with Crippen molar-refractivity contribution in [2.75, 3.05) is 38.1 Å². The molecule has 3 aromatic rings. The lowest BCUT2D eigenvalue weighted by Crippen LogP contribution is -2.44. The number of aromatic amines is 1. The third-order valence-electron chi connectivity index (χ3n) is 4.98. The smallest absolute Gasteiger partial charge is 0.115 e. The molecule has 1 saturated heterocycles. The highest BCUT2D eigenvalue weighted by Crippen LogP contribution is 2.23. The minimum absolute atomic E-state index is 0.274. The van der Waals surface area contributed by atoms with Crippen LogP contribution in [0.15, 0.2) is 54.6 Å². The van der Waals surface area contributed by atoms with Crippen molar-refractivity contribution < 1.29 is 5.11 Å². The summed E-state index contributed by atoms with van der Waals surface area (Å²) in [7, 11) is 2.17. The van der Waals surface area contributed by atoms with Gasteiger partial charge in [0, 0.05) is 37.4 Å². The summed E-state index contributed by atoms with van der Waals surface area (Å²) in [5.74, 6) is 0.274. The van der Waals surface area contributed by atoms with Gasteiger partial charge in [-0.05, 0) is 49.0 Å². The topological polar surface area (TPSA) is 55.4 Å². The zero-order valence-corrected chi connectivity index (χ0v) is 15.5. The van der Waals surface area contributed by atoms with Crippen LogP contribution < -0.4 is 4.90 Å². The summed E-state index contributed by atoms with van der Waals surface area (Å²) in [6, 6.07) is 17.8. The van der Waals surface area contributed by atoms with Crippen LogP contribution >= 0.6 is 0 Å². The van der Waals surface area contributed by atoms with Crippen molar-refractivity contribution in [2.24, 2.45) is 0 Å². The Balaban J connectivity index is 1.44. The van der Waals surface area contributed by atoms with Crippen LogP contribution in [-0.2, 0) is 0 Å². The van der Waals surface area contributed by atoms with Crippen LogP contribution in [0.3, 0.4) is 0 Å². The lowest BCUT2D eigenvalue weighted by molar-refractivity contribution is 0.313. The molecule has 1 aromatic heterocycles. The van der Waals surface area contributed by atoms with Crippen LogP contribution in [0.2, 0.25) is 0 Å². The molecule has 5 nitrogen and oxygen atoms in total. The molecule has 0 amide bonds. The minimum atomic E-state index is 0.274. The standard InChI is InChI=1S/C22H24N4O/c1-25-12-14-26(15-13-25)20-8-5-18(6-9-20)22-16-19(23-24-22)7-2-17-3-10-21(27)11-4-17/h2-11,16,27H,12-15H2,1H3,(H,23,24). The summed E-state index contributed by atoms with van der Waals surface area (Å²) in [6.07, 6.45) is 3.98. The maximum absolute atomic E-state index is 9.34. The summed E-state index contributed by atoms with van der Waals surface area (Å²) in [5, 5.41) is 16.8. The first kappa shape index (κ1) is 17.4. The lowest BCUT2D eigenvalue weighted by atomic mass is 10.1. The zero-order valence-electron chi connectivity index (χ0n) is 15.5. The number of aromatic hydroxyl groups is 1. The summed E-state index contributed by atoms with van der Waals surface area (Å²) >= 11 is 0. The molecule has 138 valence electrons. The van der Waals surface area contributed by atoms with E-state index in [0.29, 0.717) is 0 Å². The van der Waals surface area contributed by atoms with Gasteiger partial charge in [-0.15, -0.1) is 0 Å². The molecule has 1 aliphatic rings. The minimum Gasteiger partial charge on any atom is -0.508 e. The summed E-state index contributed by atoms with van der Waals surface area (Å²) < 4.78 is 0. The molecule has 1 aliphatic heterocycles. The maximum Gasteiger partial charge on any atom is 0.115 e. The van der Waals surface area contributed by atoms with E-state index in [2.05, 4.69) is 51.3 Å². The van der Waals surface area contributed by atoms with E-state index in [-0.39, 0.29) is 5.75 Å². The van der Waals surface area contributed by atoms with Crippen LogP contribution in [0.1, 0.15) is 11.3 Å². The third-order valence-corrected chi connectivity index (χ3v) is 4.98. The molecule has 1 fully saturated rings. The Bertz CT molecular complexity index is 904. The van der Waals surface area contributed by atoms with Crippen molar-refractivity contribution in [2.45, 2.75) is 0 Å². The van der Waals surface area contributed by atoms with Gasteiger partial charge in [0.05, 0.1) is 11.4 Å². The first-order valence-corrected chi connectivity index (χ1v) is 9.24. The van der Waals surface area contributed by atoms with Gasteiger partial charge >= 0.3 is 0 Å². The molecule has 0 saturated carbocycles. The van der Waals surface area contributed by atoms with Gasteiger partial charge in [0.2, 0.25) is 0 Å². The van der Waals surface area contributed by atoms with Crippen LogP contribution in [0, 0.1) is 0 Å². The molecule has 2 heterocycles. The Labute approximate surface area is 159 Å². The summed E-state index contributed by atoms with van der Waals surface area (Å²) in [6.45, 7) is 4.37. The second-order valence-electron chi connectivity index (χ2n) is 6.97. The molecule has 27 heavy (non-hydrogen) atoms. The Kier molecular flexibility index (Phi) is 4.94. The molecule has 4 rings (SSSR count). The first-order chi connectivity index (χ1) is 13.2. The largest absolute Gasteiger partial charge is 0.508 e. The number of nitrogens with zero attached hydrogens (tertiary/aromatic N) is 3. The number of hydrogen-bond donors (Lipinski definition) is 2. The fourth-order valence-corrected chi connectivity index (χ4v) is 3.25. The SMILES string of the molecule is CN1CCN(c2ccc(-c3cc(C=Cc4ccc(O)cc4)[nH]n3)cc2)CC1. The molecular weight excluding hydrogens is 336 g/mol. The highest BCUT2D eigenvalue weighted by molar-refractivity contribution is 5.71. The van der Waals surface area contributed by atoms with Crippen molar-refractivity contribution in [1.82, 2.24) is 15.1 Å². The molecule has 5 heteroatoms. The predicted octanol–water partition coefficient (Wildman–Crippen LogP) is 3.70. The number of phenols is 1. The van der Waals surface area contributed by atoms with Crippen molar-refractivity contribution in [3.05, 3.63) is 65.9 Å². The normalized spacial score (nSPS) is 15.5. The average molecular weight is 360 g/mol. The Hall–Kier alpha value is -3.05. The number of hydrogen-bond acceptors (Lipinski definition) is 4. The van der Waals surface area contributed by atoms with Crippen LogP contribution in [0.5, 0.6) is 5.75 Å². The van der Waals surface area contributed by atoms with Gasteiger partial charge in [0.15, 0.2) is 0 Å². The number of benzene rings is 2. The van der Waals surface area contributed by atoms with Crippen molar-refractivity contribution in [3.63, 3.8) is 0 Å². The van der Waals surface area contributed by atoms with Crippen molar-refractivity contribution in [3.8, 4) is 17.0 Å². The van der Waals surface area contributed by atoms with E-state index in [4.69, 9.17) is 0 Å². The molecule has 0 radical (unpaired) electrons. The Morgan fingerprint density at radius 1 is 0.926 bits per heavy atom. The van der Waals surface area contributed by atoms with Gasteiger partial charge in [0.25, 0.3) is 0 Å². The molecule has 0 unspecified atom stereocenters. The van der Waals surface area contributed by atoms with Gasteiger partial charge in [-0.3, -0.25) is 5.10 Å². The lowest BCUT2D eigenvalue weighted by Gasteiger charge is -2.34. The zero-order chi connectivity index (χ0) is 18.6. The number of nitrogens with one attached hydrogen (secondary N) is 1. The highest BCUT2D eigenvalue weighted by Gasteiger charge is 2.14. The maximum atomic E-state index is 9.34. The highest BCUT2D eigenvalue weighted by atomic mass is 16.3. The molecule has 2 aromatic carbocycles. The summed E-state index contributed by atoms with van der Waals surface area (Å²) in [4.78, 5) is 4.79. The first-order valence-electron chi connectivity index (χ1n) is 9.24. The number of anilines is 1. The molecule has 0 aliphatic carbocycles. The van der Waals surface area contributed by atoms with E-state index in [9.17, 15) is 5.11 Å². The second kappa shape index (κ2) is 7.68. The van der Waals surface area contributed by atoms with Crippen molar-refractivity contribution >= 4 is 17.8 Å². The van der Waals surface area contributed by atoms with Crippen LogP contribution in [-0.4, -0.2) is 53.4 Å². The summed E-state index contributed by atoms with van der Waals surface area (Å²) in [5.41, 5.74) is 5.29. The van der Waals surface area contributed by atoms with E-state index in [0.717, 1.165) is 48.7 Å². The number of H-pyrrole nitrogens is 1. The molecule has 0 spiro atoms. The molecule has 2 N–H and O–H groups in total. The Morgan fingerprint density at radius 2 is 1.63 bits per heavy atom. The fourth-order valence-electron chi connectivity index (χ4n) is 3.25. The van der Waals surface area contributed by atoms with Crippen LogP contribution in [0.4, 0.5) is 5.69 Å². The third kappa shape index (κ3) is 4.20.